The Morgan fingerprint density at radius 3 is 2.53 bits per heavy atom. The third-order valence-corrected chi connectivity index (χ3v) is 6.67. The van der Waals surface area contributed by atoms with Crippen molar-refractivity contribution < 1.29 is 22.7 Å². The second-order valence-corrected chi connectivity index (χ2v) is 8.69. The molecule has 0 saturated carbocycles. The maximum atomic E-state index is 12.8. The number of carbonyl (C=O) groups is 1. The van der Waals surface area contributed by atoms with Gasteiger partial charge in [0.15, 0.2) is 11.9 Å². The summed E-state index contributed by atoms with van der Waals surface area (Å²) in [5.74, 6) is -0.966. The molecule has 2 bridgehead atoms. The van der Waals surface area contributed by atoms with Crippen molar-refractivity contribution in [1.29, 1.82) is 5.26 Å². The van der Waals surface area contributed by atoms with E-state index in [4.69, 9.17) is 23.2 Å². The Morgan fingerprint density at radius 2 is 1.93 bits per heavy atom. The van der Waals surface area contributed by atoms with E-state index in [-0.39, 0.29) is 40.0 Å². The van der Waals surface area contributed by atoms with Crippen LogP contribution < -0.4 is 15.0 Å². The van der Waals surface area contributed by atoms with Gasteiger partial charge in [0, 0.05) is 24.8 Å². The van der Waals surface area contributed by atoms with E-state index in [0.717, 1.165) is 19.3 Å². The largest absolute Gasteiger partial charge is 0.573 e. The van der Waals surface area contributed by atoms with Crippen LogP contribution >= 0.6 is 23.2 Å². The van der Waals surface area contributed by atoms with Crippen LogP contribution in [0.4, 0.5) is 18.9 Å². The van der Waals surface area contributed by atoms with Crippen molar-refractivity contribution in [3.8, 4) is 11.9 Å². The van der Waals surface area contributed by atoms with Crippen molar-refractivity contribution in [3.05, 3.63) is 22.2 Å². The number of benzene rings is 1. The average molecular weight is 463 g/mol. The van der Waals surface area contributed by atoms with E-state index in [0.29, 0.717) is 25.2 Å². The fourth-order valence-electron chi connectivity index (χ4n) is 4.75. The van der Waals surface area contributed by atoms with Gasteiger partial charge < -0.3 is 19.9 Å². The van der Waals surface area contributed by atoms with E-state index in [1.54, 1.807) is 4.90 Å². The van der Waals surface area contributed by atoms with Crippen LogP contribution in [-0.4, -0.2) is 48.4 Å². The van der Waals surface area contributed by atoms with Crippen LogP contribution in [0.5, 0.6) is 5.75 Å². The van der Waals surface area contributed by atoms with Crippen LogP contribution in [-0.2, 0) is 4.79 Å². The van der Waals surface area contributed by atoms with Gasteiger partial charge in [0.2, 0.25) is 5.91 Å². The summed E-state index contributed by atoms with van der Waals surface area (Å²) in [5, 5.41) is 11.9. The summed E-state index contributed by atoms with van der Waals surface area (Å²) in [6.07, 6.45) is 0.604. The van der Waals surface area contributed by atoms with Crippen molar-refractivity contribution in [2.24, 2.45) is 5.92 Å². The van der Waals surface area contributed by atoms with Gasteiger partial charge in [0.05, 0.1) is 28.0 Å². The summed E-state index contributed by atoms with van der Waals surface area (Å²) in [6, 6.07) is 2.98. The first-order chi connectivity index (χ1) is 14.2. The first-order valence-corrected chi connectivity index (χ1v) is 10.4. The lowest BCUT2D eigenvalue weighted by atomic mass is 9.95. The molecule has 3 saturated heterocycles. The molecule has 3 aliphatic heterocycles. The minimum atomic E-state index is -4.90. The quantitative estimate of drug-likeness (QED) is 0.686. The van der Waals surface area contributed by atoms with E-state index in [2.05, 4.69) is 16.2 Å². The number of nitriles is 1. The molecule has 4 atom stereocenters. The van der Waals surface area contributed by atoms with E-state index in [9.17, 15) is 23.2 Å². The van der Waals surface area contributed by atoms with Crippen molar-refractivity contribution in [1.82, 2.24) is 10.2 Å². The van der Waals surface area contributed by atoms with Gasteiger partial charge in [-0.15, -0.1) is 13.2 Å². The van der Waals surface area contributed by atoms with Gasteiger partial charge in [0.25, 0.3) is 0 Å². The van der Waals surface area contributed by atoms with Crippen LogP contribution in [0, 0.1) is 17.4 Å². The van der Waals surface area contributed by atoms with Crippen molar-refractivity contribution in [2.45, 2.75) is 50.2 Å². The standard InChI is InChI=1S/C19H19Cl2F3N4O2/c20-13-5-12(6-14(21)17(13)30-19(22,23)24)27-4-3-10(8-27)18(29)26-15-7-11-1-2-16(15)28(11)9-25/h5-6,10-11,15-16H,1-4,7-8H2,(H,26,29)/t10?,11-,15+,16+/m0/s1. The first kappa shape index (κ1) is 21.2. The number of hydrogen-bond donors (Lipinski definition) is 1. The molecular formula is C19H19Cl2F3N4O2. The Balaban J connectivity index is 1.39. The van der Waals surface area contributed by atoms with E-state index >= 15 is 0 Å². The molecule has 30 heavy (non-hydrogen) atoms. The molecule has 1 aromatic carbocycles. The van der Waals surface area contributed by atoms with Gasteiger partial charge in [-0.05, 0) is 37.8 Å². The normalized spacial score (nSPS) is 28.0. The number of nitrogens with one attached hydrogen (secondary N) is 1. The van der Waals surface area contributed by atoms with Crippen LogP contribution in [0.1, 0.15) is 25.7 Å². The smallest absolute Gasteiger partial charge is 0.403 e. The molecule has 6 nitrogen and oxygen atoms in total. The highest BCUT2D eigenvalue weighted by Gasteiger charge is 2.47. The monoisotopic (exact) mass is 462 g/mol. The van der Waals surface area contributed by atoms with Gasteiger partial charge in [-0.3, -0.25) is 4.79 Å². The molecule has 11 heteroatoms. The molecule has 3 heterocycles. The van der Waals surface area contributed by atoms with Gasteiger partial charge in [-0.25, -0.2) is 0 Å². The molecule has 1 amide bonds. The van der Waals surface area contributed by atoms with Crippen LogP contribution in [0.15, 0.2) is 12.1 Å². The number of fused-ring (bicyclic) bond motifs is 2. The zero-order valence-corrected chi connectivity index (χ0v) is 17.3. The lowest BCUT2D eigenvalue weighted by Gasteiger charge is -2.24. The summed E-state index contributed by atoms with van der Waals surface area (Å²) in [6.45, 7) is 0.950. The summed E-state index contributed by atoms with van der Waals surface area (Å²) in [7, 11) is 0. The molecule has 4 rings (SSSR count). The summed E-state index contributed by atoms with van der Waals surface area (Å²) >= 11 is 11.9. The van der Waals surface area contributed by atoms with Gasteiger partial charge >= 0.3 is 6.36 Å². The Morgan fingerprint density at radius 1 is 1.23 bits per heavy atom. The van der Waals surface area contributed by atoms with Gasteiger partial charge in [0.1, 0.15) is 0 Å². The molecular weight excluding hydrogens is 444 g/mol. The maximum absolute atomic E-state index is 12.8. The van der Waals surface area contributed by atoms with Crippen LogP contribution in [0.25, 0.3) is 0 Å². The minimum Gasteiger partial charge on any atom is -0.403 e. The number of nitrogens with zero attached hydrogens (tertiary/aromatic N) is 3. The molecule has 1 aromatic rings. The zero-order valence-electron chi connectivity index (χ0n) is 15.8. The van der Waals surface area contributed by atoms with Gasteiger partial charge in [-0.1, -0.05) is 23.2 Å². The summed E-state index contributed by atoms with van der Waals surface area (Å²) in [4.78, 5) is 16.4. The number of alkyl halides is 3. The molecule has 1 N–H and O–H groups in total. The van der Waals surface area contributed by atoms with Crippen LogP contribution in [0.3, 0.4) is 0 Å². The molecule has 0 radical (unpaired) electrons. The molecule has 3 fully saturated rings. The topological polar surface area (TPSA) is 68.6 Å². The van der Waals surface area contributed by atoms with E-state index < -0.39 is 12.1 Å². The third kappa shape index (κ3) is 4.08. The molecule has 1 unspecified atom stereocenters. The number of hydrogen-bond acceptors (Lipinski definition) is 5. The second kappa shape index (κ2) is 7.89. The summed E-state index contributed by atoms with van der Waals surface area (Å²) in [5.41, 5.74) is 0.533. The SMILES string of the molecule is N#CN1[C@H]2CC[C@@H]1[C@H](NC(=O)C1CCN(c3cc(Cl)c(OC(F)(F)F)c(Cl)c3)C1)C2. The Kier molecular flexibility index (Phi) is 5.58. The highest BCUT2D eigenvalue weighted by atomic mass is 35.5. The molecule has 0 aliphatic carbocycles. The molecule has 3 aliphatic rings. The van der Waals surface area contributed by atoms with Crippen molar-refractivity contribution in [2.75, 3.05) is 18.0 Å². The lowest BCUT2D eigenvalue weighted by molar-refractivity contribution is -0.274. The molecule has 162 valence electrons. The number of rotatable bonds is 4. The second-order valence-electron chi connectivity index (χ2n) is 7.87. The lowest BCUT2D eigenvalue weighted by Crippen LogP contribution is -2.46. The Labute approximate surface area is 181 Å². The number of anilines is 1. The highest BCUT2D eigenvalue weighted by Crippen LogP contribution is 2.41. The van der Waals surface area contributed by atoms with Crippen LogP contribution in [0.2, 0.25) is 10.0 Å². The number of amides is 1. The predicted molar refractivity (Wildman–Crippen MR) is 104 cm³/mol. The molecule has 0 aromatic heterocycles. The average Bonchev–Trinajstić information content (AvgIpc) is 3.37. The zero-order chi connectivity index (χ0) is 21.6. The number of ether oxygens (including phenoxy) is 1. The van der Waals surface area contributed by atoms with E-state index in [1.807, 2.05) is 4.90 Å². The Hall–Kier alpha value is -2.05. The van der Waals surface area contributed by atoms with Gasteiger partial charge in [-0.2, -0.15) is 5.26 Å². The fourth-order valence-corrected chi connectivity index (χ4v) is 5.30. The third-order valence-electron chi connectivity index (χ3n) is 6.10. The fraction of sp³-hybridized carbons (Fsp3) is 0.579. The molecule has 0 spiro atoms. The predicted octanol–water partition coefficient (Wildman–Crippen LogP) is 3.92. The number of carbonyl (C=O) groups excluding carboxylic acids is 1. The highest BCUT2D eigenvalue weighted by molar-refractivity contribution is 6.37. The minimum absolute atomic E-state index is 0.0207. The van der Waals surface area contributed by atoms with Crippen molar-refractivity contribution in [3.63, 3.8) is 0 Å². The first-order valence-electron chi connectivity index (χ1n) is 9.64. The maximum Gasteiger partial charge on any atom is 0.573 e. The summed E-state index contributed by atoms with van der Waals surface area (Å²) < 4.78 is 41.4. The van der Waals surface area contributed by atoms with Crippen molar-refractivity contribution >= 4 is 34.8 Å². The number of halogens is 5. The Bertz CT molecular complexity index is 869. The van der Waals surface area contributed by atoms with E-state index in [1.165, 1.54) is 12.1 Å².